The Balaban J connectivity index is 2.59. The summed E-state index contributed by atoms with van der Waals surface area (Å²) in [6, 6.07) is 6.81. The van der Waals surface area contributed by atoms with E-state index in [-0.39, 0.29) is 11.9 Å². The number of thiocarbonyl (C=S) groups is 1. The van der Waals surface area contributed by atoms with Crippen LogP contribution in [-0.4, -0.2) is 17.1 Å². The number of carbonyl (C=O) groups is 1. The fourth-order valence-electron chi connectivity index (χ4n) is 1.07. The summed E-state index contributed by atoms with van der Waals surface area (Å²) in [7, 11) is 0. The van der Waals surface area contributed by atoms with E-state index in [1.54, 1.807) is 24.3 Å². The van der Waals surface area contributed by atoms with Crippen molar-refractivity contribution >= 4 is 34.8 Å². The normalized spacial score (nSPS) is 10.0. The third-order valence-corrected chi connectivity index (χ3v) is 2.23. The van der Waals surface area contributed by atoms with Gasteiger partial charge < -0.3 is 5.32 Å². The Bertz CT molecular complexity index is 389. The molecule has 16 heavy (non-hydrogen) atoms. The van der Waals surface area contributed by atoms with Gasteiger partial charge in [-0.3, -0.25) is 10.1 Å². The third kappa shape index (κ3) is 4.16. The van der Waals surface area contributed by atoms with Crippen LogP contribution in [0.5, 0.6) is 0 Å². The summed E-state index contributed by atoms with van der Waals surface area (Å²) in [5.41, 5.74) is 0.525. The second kappa shape index (κ2) is 5.82. The van der Waals surface area contributed by atoms with Crippen molar-refractivity contribution in [3.05, 3.63) is 34.9 Å². The quantitative estimate of drug-likeness (QED) is 0.799. The van der Waals surface area contributed by atoms with E-state index in [1.165, 1.54) is 0 Å². The average molecular weight is 257 g/mol. The Kier molecular flexibility index (Phi) is 4.71. The number of halogens is 1. The Morgan fingerprint density at radius 2 is 1.88 bits per heavy atom. The molecule has 0 saturated heterocycles. The van der Waals surface area contributed by atoms with Crippen molar-refractivity contribution in [3.8, 4) is 0 Å². The lowest BCUT2D eigenvalue weighted by atomic mass is 10.2. The number of nitrogens with one attached hydrogen (secondary N) is 2. The molecule has 1 rings (SSSR count). The lowest BCUT2D eigenvalue weighted by Gasteiger charge is -2.11. The number of carbonyl (C=O) groups excluding carboxylic acids is 1. The van der Waals surface area contributed by atoms with Crippen LogP contribution in [-0.2, 0) is 0 Å². The summed E-state index contributed by atoms with van der Waals surface area (Å²) in [6.07, 6.45) is 0. The molecule has 1 aromatic carbocycles. The molecular formula is C11H13ClN2OS. The zero-order valence-corrected chi connectivity index (χ0v) is 10.7. The fourth-order valence-corrected chi connectivity index (χ4v) is 1.53. The number of rotatable bonds is 2. The van der Waals surface area contributed by atoms with E-state index in [9.17, 15) is 4.79 Å². The van der Waals surface area contributed by atoms with E-state index in [2.05, 4.69) is 10.6 Å². The predicted molar refractivity (Wildman–Crippen MR) is 69.8 cm³/mol. The summed E-state index contributed by atoms with van der Waals surface area (Å²) in [6.45, 7) is 3.89. The van der Waals surface area contributed by atoms with Crippen molar-refractivity contribution < 1.29 is 4.79 Å². The predicted octanol–water partition coefficient (Wildman–Crippen LogP) is 2.35. The van der Waals surface area contributed by atoms with Crippen LogP contribution in [0, 0.1) is 0 Å². The standard InChI is InChI=1S/C11H13ClN2OS/c1-7(2)13-11(16)14-10(15)8-3-5-9(12)6-4-8/h3-7H,1-2H3,(H2,13,14,15,16). The second-order valence-corrected chi connectivity index (χ2v) is 4.43. The topological polar surface area (TPSA) is 41.1 Å². The van der Waals surface area contributed by atoms with Crippen LogP contribution in [0.15, 0.2) is 24.3 Å². The largest absolute Gasteiger partial charge is 0.360 e. The van der Waals surface area contributed by atoms with E-state index < -0.39 is 0 Å². The Hall–Kier alpha value is -1.13. The average Bonchev–Trinajstić information content (AvgIpc) is 2.16. The molecule has 0 atom stereocenters. The molecule has 1 amide bonds. The van der Waals surface area contributed by atoms with Crippen molar-refractivity contribution in [3.63, 3.8) is 0 Å². The van der Waals surface area contributed by atoms with Crippen molar-refractivity contribution in [2.24, 2.45) is 0 Å². The van der Waals surface area contributed by atoms with Gasteiger partial charge in [-0.15, -0.1) is 0 Å². The molecule has 1 aromatic rings. The highest BCUT2D eigenvalue weighted by atomic mass is 35.5. The lowest BCUT2D eigenvalue weighted by molar-refractivity contribution is 0.0976. The SMILES string of the molecule is CC(C)NC(=S)NC(=O)c1ccc(Cl)cc1. The summed E-state index contributed by atoms with van der Waals surface area (Å²) in [4.78, 5) is 11.7. The van der Waals surface area contributed by atoms with Gasteiger partial charge in [-0.05, 0) is 50.3 Å². The van der Waals surface area contributed by atoms with E-state index in [1.807, 2.05) is 13.8 Å². The maximum Gasteiger partial charge on any atom is 0.257 e. The van der Waals surface area contributed by atoms with Gasteiger partial charge in [-0.1, -0.05) is 11.6 Å². The maximum absolute atomic E-state index is 11.7. The van der Waals surface area contributed by atoms with Gasteiger partial charge in [0, 0.05) is 16.6 Å². The second-order valence-electron chi connectivity index (χ2n) is 3.59. The fraction of sp³-hybridized carbons (Fsp3) is 0.273. The Morgan fingerprint density at radius 3 is 2.38 bits per heavy atom. The molecule has 0 heterocycles. The summed E-state index contributed by atoms with van der Waals surface area (Å²) < 4.78 is 0. The van der Waals surface area contributed by atoms with Crippen LogP contribution in [0.2, 0.25) is 5.02 Å². The summed E-state index contributed by atoms with van der Waals surface area (Å²) >= 11 is 10.7. The summed E-state index contributed by atoms with van der Waals surface area (Å²) in [5.74, 6) is -0.241. The van der Waals surface area contributed by atoms with Gasteiger partial charge in [0.05, 0.1) is 0 Å². The molecule has 0 saturated carbocycles. The number of benzene rings is 1. The van der Waals surface area contributed by atoms with E-state index in [0.717, 1.165) is 0 Å². The molecule has 0 spiro atoms. The number of amides is 1. The van der Waals surface area contributed by atoms with Gasteiger partial charge in [0.2, 0.25) is 0 Å². The van der Waals surface area contributed by atoms with Crippen molar-refractivity contribution in [1.82, 2.24) is 10.6 Å². The molecular weight excluding hydrogens is 244 g/mol. The molecule has 0 bridgehead atoms. The zero-order chi connectivity index (χ0) is 12.1. The van der Waals surface area contributed by atoms with Gasteiger partial charge in [-0.2, -0.15) is 0 Å². The first-order valence-electron chi connectivity index (χ1n) is 4.86. The maximum atomic E-state index is 11.7. The number of hydrogen-bond acceptors (Lipinski definition) is 2. The lowest BCUT2D eigenvalue weighted by Crippen LogP contribution is -2.42. The van der Waals surface area contributed by atoms with Gasteiger partial charge >= 0.3 is 0 Å². The third-order valence-electron chi connectivity index (χ3n) is 1.75. The minimum atomic E-state index is -0.241. The highest BCUT2D eigenvalue weighted by Gasteiger charge is 2.07. The van der Waals surface area contributed by atoms with E-state index in [0.29, 0.717) is 15.7 Å². The molecule has 0 aliphatic heterocycles. The summed E-state index contributed by atoms with van der Waals surface area (Å²) in [5, 5.41) is 6.44. The van der Waals surface area contributed by atoms with Gasteiger partial charge in [0.25, 0.3) is 5.91 Å². The number of hydrogen-bond donors (Lipinski definition) is 2. The Morgan fingerprint density at radius 1 is 1.31 bits per heavy atom. The Labute approximate surface area is 105 Å². The van der Waals surface area contributed by atoms with Crippen molar-refractivity contribution in [2.75, 3.05) is 0 Å². The minimum Gasteiger partial charge on any atom is -0.360 e. The van der Waals surface area contributed by atoms with Gasteiger partial charge in [0.1, 0.15) is 0 Å². The van der Waals surface area contributed by atoms with Crippen LogP contribution in [0.1, 0.15) is 24.2 Å². The van der Waals surface area contributed by atoms with E-state index >= 15 is 0 Å². The van der Waals surface area contributed by atoms with Gasteiger partial charge in [0.15, 0.2) is 5.11 Å². The van der Waals surface area contributed by atoms with Crippen LogP contribution < -0.4 is 10.6 Å². The zero-order valence-electron chi connectivity index (χ0n) is 9.08. The molecule has 0 radical (unpaired) electrons. The smallest absolute Gasteiger partial charge is 0.257 e. The van der Waals surface area contributed by atoms with Crippen LogP contribution in [0.4, 0.5) is 0 Å². The monoisotopic (exact) mass is 256 g/mol. The molecule has 0 aliphatic rings. The molecule has 86 valence electrons. The van der Waals surface area contributed by atoms with Crippen molar-refractivity contribution in [1.29, 1.82) is 0 Å². The van der Waals surface area contributed by atoms with Crippen LogP contribution >= 0.6 is 23.8 Å². The van der Waals surface area contributed by atoms with Crippen LogP contribution in [0.3, 0.4) is 0 Å². The van der Waals surface area contributed by atoms with Gasteiger partial charge in [-0.25, -0.2) is 0 Å². The molecule has 5 heteroatoms. The molecule has 0 aliphatic carbocycles. The highest BCUT2D eigenvalue weighted by Crippen LogP contribution is 2.09. The van der Waals surface area contributed by atoms with Crippen LogP contribution in [0.25, 0.3) is 0 Å². The van der Waals surface area contributed by atoms with Crippen molar-refractivity contribution in [2.45, 2.75) is 19.9 Å². The first-order chi connectivity index (χ1) is 7.49. The molecule has 0 unspecified atom stereocenters. The molecule has 3 nitrogen and oxygen atoms in total. The van der Waals surface area contributed by atoms with E-state index in [4.69, 9.17) is 23.8 Å². The molecule has 2 N–H and O–H groups in total. The molecule has 0 fully saturated rings. The minimum absolute atomic E-state index is 0.193. The highest BCUT2D eigenvalue weighted by molar-refractivity contribution is 7.80. The first kappa shape index (κ1) is 12.9. The molecule has 0 aromatic heterocycles. The first-order valence-corrected chi connectivity index (χ1v) is 5.65.